The largest absolute Gasteiger partial charge is 0.487 e. The van der Waals surface area contributed by atoms with Gasteiger partial charge in [-0.3, -0.25) is 9.59 Å². The summed E-state index contributed by atoms with van der Waals surface area (Å²) in [4.78, 5) is 26.1. The molecular formula is C31H36O8. The second-order valence-corrected chi connectivity index (χ2v) is 10.1. The van der Waals surface area contributed by atoms with E-state index in [1.807, 2.05) is 26.0 Å². The Balaban J connectivity index is 1.94. The molecule has 0 atom stereocenters. The van der Waals surface area contributed by atoms with E-state index in [0.29, 0.717) is 71.7 Å². The summed E-state index contributed by atoms with van der Waals surface area (Å²) in [5.41, 5.74) is 2.37. The molecule has 8 nitrogen and oxygen atoms in total. The van der Waals surface area contributed by atoms with E-state index in [4.69, 9.17) is 28.4 Å². The number of hydrogen-bond donors (Lipinski definition) is 0. The number of rotatable bonds is 6. The SMILES string of the molecule is C=C(C)C(=O)c1ccc(C(C)(C)c2ccc(C(=O)C(=C)C)c3c2OCCOCCO3)c2c1OCCOCCO2. The summed E-state index contributed by atoms with van der Waals surface area (Å²) < 4.78 is 35.8. The molecule has 4 rings (SSSR count). The molecule has 0 radical (unpaired) electrons. The highest BCUT2D eigenvalue weighted by Gasteiger charge is 2.36. The van der Waals surface area contributed by atoms with Gasteiger partial charge in [0.25, 0.3) is 0 Å². The van der Waals surface area contributed by atoms with Crippen molar-refractivity contribution in [2.45, 2.75) is 33.1 Å². The zero-order chi connectivity index (χ0) is 28.2. The van der Waals surface area contributed by atoms with Gasteiger partial charge >= 0.3 is 0 Å². The molecule has 2 aromatic rings. The lowest BCUT2D eigenvalue weighted by Crippen LogP contribution is -2.24. The predicted molar refractivity (Wildman–Crippen MR) is 147 cm³/mol. The fourth-order valence-electron chi connectivity index (χ4n) is 4.66. The van der Waals surface area contributed by atoms with Gasteiger partial charge in [0.05, 0.1) is 37.6 Å². The fourth-order valence-corrected chi connectivity index (χ4v) is 4.66. The molecule has 208 valence electrons. The Labute approximate surface area is 229 Å². The van der Waals surface area contributed by atoms with E-state index in [9.17, 15) is 9.59 Å². The third-order valence-corrected chi connectivity index (χ3v) is 6.73. The normalized spacial score (nSPS) is 15.9. The summed E-state index contributed by atoms with van der Waals surface area (Å²) in [6.07, 6.45) is 0. The van der Waals surface area contributed by atoms with Gasteiger partial charge in [-0.25, -0.2) is 0 Å². The van der Waals surface area contributed by atoms with E-state index >= 15 is 0 Å². The number of allylic oxidation sites excluding steroid dienone is 2. The Morgan fingerprint density at radius 2 is 0.923 bits per heavy atom. The number of Topliss-reactive ketones (excluding diaryl/α,β-unsaturated/α-hetero) is 2. The van der Waals surface area contributed by atoms with Crippen LogP contribution in [0.25, 0.3) is 0 Å². The van der Waals surface area contributed by atoms with Gasteiger partial charge in [-0.1, -0.05) is 39.1 Å². The van der Waals surface area contributed by atoms with E-state index in [-0.39, 0.29) is 38.0 Å². The highest BCUT2D eigenvalue weighted by Crippen LogP contribution is 2.49. The van der Waals surface area contributed by atoms with E-state index < -0.39 is 5.41 Å². The number of benzene rings is 2. The molecular weight excluding hydrogens is 500 g/mol. The smallest absolute Gasteiger partial charge is 0.192 e. The lowest BCUT2D eigenvalue weighted by Gasteiger charge is -2.32. The summed E-state index contributed by atoms with van der Waals surface area (Å²) in [6, 6.07) is 7.23. The molecule has 0 saturated carbocycles. The molecule has 0 N–H and O–H groups in total. The van der Waals surface area contributed by atoms with Crippen LogP contribution in [0.3, 0.4) is 0 Å². The zero-order valence-corrected chi connectivity index (χ0v) is 23.1. The monoisotopic (exact) mass is 536 g/mol. The third kappa shape index (κ3) is 5.87. The molecule has 0 amide bonds. The highest BCUT2D eigenvalue weighted by molar-refractivity contribution is 6.11. The Bertz CT molecular complexity index is 1190. The number of carbonyl (C=O) groups is 2. The van der Waals surface area contributed by atoms with Gasteiger partial charge in [0.1, 0.15) is 26.4 Å². The molecule has 0 fully saturated rings. The van der Waals surface area contributed by atoms with Gasteiger partial charge < -0.3 is 28.4 Å². The average molecular weight is 537 g/mol. The van der Waals surface area contributed by atoms with Crippen molar-refractivity contribution >= 4 is 11.6 Å². The van der Waals surface area contributed by atoms with Crippen molar-refractivity contribution in [2.75, 3.05) is 52.9 Å². The van der Waals surface area contributed by atoms with Crippen LogP contribution in [0.2, 0.25) is 0 Å². The van der Waals surface area contributed by atoms with E-state index in [1.165, 1.54) is 0 Å². The van der Waals surface area contributed by atoms with Crippen LogP contribution in [0, 0.1) is 0 Å². The van der Waals surface area contributed by atoms with Crippen LogP contribution in [-0.2, 0) is 14.9 Å². The van der Waals surface area contributed by atoms with Gasteiger partial charge in [0, 0.05) is 16.5 Å². The van der Waals surface area contributed by atoms with Crippen LogP contribution in [0.15, 0.2) is 48.6 Å². The molecule has 0 saturated heterocycles. The van der Waals surface area contributed by atoms with Crippen molar-refractivity contribution in [2.24, 2.45) is 0 Å². The first kappa shape index (κ1) is 28.4. The van der Waals surface area contributed by atoms with Crippen LogP contribution in [-0.4, -0.2) is 64.4 Å². The maximum absolute atomic E-state index is 13.0. The first-order valence-corrected chi connectivity index (χ1v) is 13.1. The quantitative estimate of drug-likeness (QED) is 0.372. The minimum atomic E-state index is -0.736. The summed E-state index contributed by atoms with van der Waals surface area (Å²) in [7, 11) is 0. The average Bonchev–Trinajstić information content (AvgIpc) is 3.11. The second kappa shape index (κ2) is 12.1. The number of hydrogen-bond acceptors (Lipinski definition) is 8. The first-order chi connectivity index (χ1) is 18.6. The Hall–Kier alpha value is -3.62. The Morgan fingerprint density at radius 3 is 1.26 bits per heavy atom. The van der Waals surface area contributed by atoms with Crippen molar-refractivity contribution in [1.82, 2.24) is 0 Å². The zero-order valence-electron chi connectivity index (χ0n) is 23.1. The molecule has 8 heteroatoms. The number of carbonyl (C=O) groups excluding carboxylic acids is 2. The van der Waals surface area contributed by atoms with Crippen molar-refractivity contribution < 1.29 is 38.0 Å². The highest BCUT2D eigenvalue weighted by atomic mass is 16.6. The molecule has 39 heavy (non-hydrogen) atoms. The number of fused-ring (bicyclic) bond motifs is 2. The maximum Gasteiger partial charge on any atom is 0.192 e. The second-order valence-electron chi connectivity index (χ2n) is 10.1. The van der Waals surface area contributed by atoms with E-state index in [2.05, 4.69) is 13.2 Å². The van der Waals surface area contributed by atoms with Gasteiger partial charge in [-0.05, 0) is 37.1 Å². The molecule has 2 aromatic carbocycles. The predicted octanol–water partition coefficient (Wildman–Crippen LogP) is 5.11. The van der Waals surface area contributed by atoms with Crippen LogP contribution < -0.4 is 18.9 Å². The molecule has 0 spiro atoms. The standard InChI is InChI=1S/C31H36O8/c1-19(2)25(32)21-7-9-23(29-27(21)36-15-11-34-13-17-38-29)31(5,6)24-10-8-22(26(33)20(3)4)28-30(24)39-18-14-35-12-16-37-28/h7-10H,1,3,11-18H2,2,4-6H3. The first-order valence-electron chi connectivity index (χ1n) is 13.1. The van der Waals surface area contributed by atoms with Crippen molar-refractivity contribution in [3.63, 3.8) is 0 Å². The summed E-state index contributed by atoms with van der Waals surface area (Å²) in [5, 5.41) is 0. The summed E-state index contributed by atoms with van der Waals surface area (Å²) in [5.74, 6) is 1.19. The van der Waals surface area contributed by atoms with Crippen molar-refractivity contribution in [3.8, 4) is 23.0 Å². The Morgan fingerprint density at radius 1 is 0.590 bits per heavy atom. The van der Waals surface area contributed by atoms with Crippen LogP contribution >= 0.6 is 0 Å². The molecule has 2 heterocycles. The van der Waals surface area contributed by atoms with Gasteiger partial charge in [0.15, 0.2) is 34.6 Å². The summed E-state index contributed by atoms with van der Waals surface area (Å²) in [6.45, 7) is 17.6. The van der Waals surface area contributed by atoms with E-state index in [0.717, 1.165) is 11.1 Å². The molecule has 0 aliphatic carbocycles. The molecule has 0 unspecified atom stereocenters. The molecule has 2 aliphatic heterocycles. The van der Waals surface area contributed by atoms with Crippen LogP contribution in [0.1, 0.15) is 59.5 Å². The number of ether oxygens (including phenoxy) is 6. The Kier molecular flexibility index (Phi) is 8.77. The van der Waals surface area contributed by atoms with E-state index in [1.54, 1.807) is 26.0 Å². The fraction of sp³-hybridized carbons (Fsp3) is 0.419. The third-order valence-electron chi connectivity index (χ3n) is 6.73. The number of ketones is 2. The van der Waals surface area contributed by atoms with Gasteiger partial charge in [-0.15, -0.1) is 0 Å². The minimum absolute atomic E-state index is 0.222. The molecule has 0 aromatic heterocycles. The van der Waals surface area contributed by atoms with Gasteiger partial charge in [-0.2, -0.15) is 0 Å². The lowest BCUT2D eigenvalue weighted by atomic mass is 9.75. The van der Waals surface area contributed by atoms with Crippen molar-refractivity contribution in [1.29, 1.82) is 0 Å². The van der Waals surface area contributed by atoms with Crippen LogP contribution in [0.4, 0.5) is 0 Å². The minimum Gasteiger partial charge on any atom is -0.487 e. The maximum atomic E-state index is 13.0. The van der Waals surface area contributed by atoms with Gasteiger partial charge in [0.2, 0.25) is 0 Å². The molecule has 0 bridgehead atoms. The summed E-state index contributed by atoms with van der Waals surface area (Å²) >= 11 is 0. The van der Waals surface area contributed by atoms with Crippen molar-refractivity contribution in [3.05, 3.63) is 70.8 Å². The topological polar surface area (TPSA) is 89.5 Å². The lowest BCUT2D eigenvalue weighted by molar-refractivity contribution is 0.0869. The molecule has 2 aliphatic rings. The van der Waals surface area contributed by atoms with Crippen LogP contribution in [0.5, 0.6) is 23.0 Å².